The normalized spacial score (nSPS) is 10.5. The second-order valence-electron chi connectivity index (χ2n) is 3.22. The fourth-order valence-corrected chi connectivity index (χ4v) is 1.03. The van der Waals surface area contributed by atoms with Gasteiger partial charge in [0, 0.05) is 13.1 Å². The molecule has 4 nitrogen and oxygen atoms in total. The molecule has 1 aromatic rings. The summed E-state index contributed by atoms with van der Waals surface area (Å²) in [4.78, 5) is 11.4. The lowest BCUT2D eigenvalue weighted by atomic mass is 10.1. The SMILES string of the molecule is COc1cc(C(C)C)nn(C)c1=O. The maximum absolute atomic E-state index is 11.4. The van der Waals surface area contributed by atoms with Gasteiger partial charge in [0.2, 0.25) is 0 Å². The van der Waals surface area contributed by atoms with E-state index in [-0.39, 0.29) is 5.56 Å². The van der Waals surface area contributed by atoms with E-state index in [1.54, 1.807) is 13.1 Å². The van der Waals surface area contributed by atoms with Gasteiger partial charge in [-0.3, -0.25) is 4.79 Å². The van der Waals surface area contributed by atoms with Gasteiger partial charge >= 0.3 is 5.56 Å². The number of ether oxygens (including phenoxy) is 1. The van der Waals surface area contributed by atoms with Gasteiger partial charge in [0.05, 0.1) is 12.8 Å². The van der Waals surface area contributed by atoms with Crippen molar-refractivity contribution in [3.63, 3.8) is 0 Å². The molecule has 0 spiro atoms. The fourth-order valence-electron chi connectivity index (χ4n) is 1.03. The number of methoxy groups -OCH3 is 1. The first-order valence-corrected chi connectivity index (χ1v) is 4.18. The molecule has 1 aromatic heterocycles. The summed E-state index contributed by atoms with van der Waals surface area (Å²) in [6.45, 7) is 4.04. The van der Waals surface area contributed by atoms with Crippen LogP contribution in [0.1, 0.15) is 25.5 Å². The Kier molecular flexibility index (Phi) is 2.70. The first-order chi connectivity index (χ1) is 6.06. The van der Waals surface area contributed by atoms with Crippen molar-refractivity contribution in [2.45, 2.75) is 19.8 Å². The summed E-state index contributed by atoms with van der Waals surface area (Å²) in [5, 5.41) is 4.11. The first-order valence-electron chi connectivity index (χ1n) is 4.18. The molecule has 4 heteroatoms. The van der Waals surface area contributed by atoms with Gasteiger partial charge in [-0.1, -0.05) is 13.8 Å². The van der Waals surface area contributed by atoms with Crippen molar-refractivity contribution in [2.24, 2.45) is 7.05 Å². The zero-order valence-electron chi connectivity index (χ0n) is 8.37. The van der Waals surface area contributed by atoms with Crippen LogP contribution in [0.5, 0.6) is 5.75 Å². The van der Waals surface area contributed by atoms with Crippen LogP contribution in [0.25, 0.3) is 0 Å². The topological polar surface area (TPSA) is 44.1 Å². The van der Waals surface area contributed by atoms with Crippen molar-refractivity contribution < 1.29 is 4.74 Å². The highest BCUT2D eigenvalue weighted by molar-refractivity contribution is 5.21. The fraction of sp³-hybridized carbons (Fsp3) is 0.556. The Morgan fingerprint density at radius 1 is 1.54 bits per heavy atom. The summed E-state index contributed by atoms with van der Waals surface area (Å²) in [7, 11) is 3.11. The summed E-state index contributed by atoms with van der Waals surface area (Å²) in [6, 6.07) is 1.69. The minimum Gasteiger partial charge on any atom is -0.491 e. The number of rotatable bonds is 2. The molecular formula is C9H14N2O2. The van der Waals surface area contributed by atoms with Gasteiger partial charge in [0.25, 0.3) is 0 Å². The molecule has 0 unspecified atom stereocenters. The third-order valence-electron chi connectivity index (χ3n) is 1.86. The van der Waals surface area contributed by atoms with Gasteiger partial charge < -0.3 is 4.74 Å². The van der Waals surface area contributed by atoms with Crippen LogP contribution in [0.3, 0.4) is 0 Å². The zero-order valence-corrected chi connectivity index (χ0v) is 8.37. The first kappa shape index (κ1) is 9.77. The van der Waals surface area contributed by atoms with Crippen LogP contribution in [0.4, 0.5) is 0 Å². The molecule has 0 amide bonds. The average molecular weight is 182 g/mol. The quantitative estimate of drug-likeness (QED) is 0.683. The van der Waals surface area contributed by atoms with E-state index in [9.17, 15) is 4.79 Å². The van der Waals surface area contributed by atoms with E-state index < -0.39 is 0 Å². The Hall–Kier alpha value is -1.32. The summed E-state index contributed by atoms with van der Waals surface area (Å²) in [5.41, 5.74) is 0.658. The number of nitrogens with zero attached hydrogens (tertiary/aromatic N) is 2. The minimum atomic E-state index is -0.202. The van der Waals surface area contributed by atoms with Crippen molar-refractivity contribution in [1.82, 2.24) is 9.78 Å². The van der Waals surface area contributed by atoms with E-state index in [1.807, 2.05) is 13.8 Å². The molecule has 1 rings (SSSR count). The van der Waals surface area contributed by atoms with Crippen LogP contribution in [0, 0.1) is 0 Å². The second-order valence-corrected chi connectivity index (χ2v) is 3.22. The highest BCUT2D eigenvalue weighted by Gasteiger charge is 2.08. The maximum atomic E-state index is 11.4. The van der Waals surface area contributed by atoms with Crippen LogP contribution in [-0.2, 0) is 7.05 Å². The molecule has 0 bridgehead atoms. The van der Waals surface area contributed by atoms with Crippen LogP contribution < -0.4 is 10.3 Å². The van der Waals surface area contributed by atoms with Crippen LogP contribution in [0.15, 0.2) is 10.9 Å². The number of hydrogen-bond donors (Lipinski definition) is 0. The molecule has 0 atom stereocenters. The molecule has 0 saturated carbocycles. The van der Waals surface area contributed by atoms with Crippen molar-refractivity contribution in [2.75, 3.05) is 7.11 Å². The van der Waals surface area contributed by atoms with Crippen molar-refractivity contribution in [3.05, 3.63) is 22.1 Å². The third kappa shape index (κ3) is 1.88. The molecule has 13 heavy (non-hydrogen) atoms. The van der Waals surface area contributed by atoms with Gasteiger partial charge in [-0.15, -0.1) is 0 Å². The lowest BCUT2D eigenvalue weighted by Gasteiger charge is -2.08. The van der Waals surface area contributed by atoms with Crippen LogP contribution in [-0.4, -0.2) is 16.9 Å². The molecular weight excluding hydrogens is 168 g/mol. The van der Waals surface area contributed by atoms with Gasteiger partial charge in [-0.2, -0.15) is 5.10 Å². The van der Waals surface area contributed by atoms with E-state index in [4.69, 9.17) is 4.74 Å². The van der Waals surface area contributed by atoms with Crippen LogP contribution >= 0.6 is 0 Å². The van der Waals surface area contributed by atoms with E-state index in [0.717, 1.165) is 5.69 Å². The summed E-state index contributed by atoms with van der Waals surface area (Å²) < 4.78 is 6.24. The Bertz CT molecular complexity index is 355. The highest BCUT2D eigenvalue weighted by atomic mass is 16.5. The maximum Gasteiger partial charge on any atom is 0.308 e. The lowest BCUT2D eigenvalue weighted by Crippen LogP contribution is -2.22. The van der Waals surface area contributed by atoms with E-state index >= 15 is 0 Å². The van der Waals surface area contributed by atoms with Crippen molar-refractivity contribution in [1.29, 1.82) is 0 Å². The molecule has 0 aromatic carbocycles. The third-order valence-corrected chi connectivity index (χ3v) is 1.86. The smallest absolute Gasteiger partial charge is 0.308 e. The number of aryl methyl sites for hydroxylation is 1. The van der Waals surface area contributed by atoms with Gasteiger partial charge in [0.15, 0.2) is 5.75 Å². The van der Waals surface area contributed by atoms with E-state index in [1.165, 1.54) is 11.8 Å². The average Bonchev–Trinajstić information content (AvgIpc) is 2.09. The van der Waals surface area contributed by atoms with Gasteiger partial charge in [-0.25, -0.2) is 4.68 Å². The van der Waals surface area contributed by atoms with E-state index in [2.05, 4.69) is 5.10 Å². The number of aromatic nitrogens is 2. The van der Waals surface area contributed by atoms with Crippen LogP contribution in [0.2, 0.25) is 0 Å². The Morgan fingerprint density at radius 2 is 2.15 bits per heavy atom. The monoisotopic (exact) mass is 182 g/mol. The Labute approximate surface area is 77.1 Å². The molecule has 0 fully saturated rings. The van der Waals surface area contributed by atoms with Crippen molar-refractivity contribution >= 4 is 0 Å². The molecule has 0 radical (unpaired) electrons. The molecule has 0 N–H and O–H groups in total. The molecule has 0 aliphatic rings. The standard InChI is InChI=1S/C9H14N2O2/c1-6(2)7-5-8(13-4)9(12)11(3)10-7/h5-6H,1-4H3. The van der Waals surface area contributed by atoms with Gasteiger partial charge in [0.1, 0.15) is 0 Å². The Balaban J connectivity index is 3.30. The Morgan fingerprint density at radius 3 is 2.62 bits per heavy atom. The predicted molar refractivity (Wildman–Crippen MR) is 50.1 cm³/mol. The highest BCUT2D eigenvalue weighted by Crippen LogP contribution is 2.13. The number of hydrogen-bond acceptors (Lipinski definition) is 3. The zero-order chi connectivity index (χ0) is 10.0. The molecule has 72 valence electrons. The second kappa shape index (κ2) is 3.60. The van der Waals surface area contributed by atoms with Gasteiger partial charge in [-0.05, 0) is 5.92 Å². The lowest BCUT2D eigenvalue weighted by molar-refractivity contribution is 0.398. The van der Waals surface area contributed by atoms with E-state index in [0.29, 0.717) is 11.7 Å². The molecule has 0 saturated heterocycles. The largest absolute Gasteiger partial charge is 0.491 e. The molecule has 1 heterocycles. The summed E-state index contributed by atoms with van der Waals surface area (Å²) in [5.74, 6) is 0.641. The molecule has 0 aliphatic heterocycles. The summed E-state index contributed by atoms with van der Waals surface area (Å²) >= 11 is 0. The predicted octanol–water partition coefficient (Wildman–Crippen LogP) is 0.912. The minimum absolute atomic E-state index is 0.202. The van der Waals surface area contributed by atoms with Crippen molar-refractivity contribution in [3.8, 4) is 5.75 Å². The summed E-state index contributed by atoms with van der Waals surface area (Å²) in [6.07, 6.45) is 0. The molecule has 0 aliphatic carbocycles.